The predicted molar refractivity (Wildman–Crippen MR) is 115 cm³/mol. The molecule has 6 nitrogen and oxygen atoms in total. The highest BCUT2D eigenvalue weighted by Crippen LogP contribution is 2.30. The van der Waals surface area contributed by atoms with Crippen molar-refractivity contribution in [3.63, 3.8) is 0 Å². The van der Waals surface area contributed by atoms with Crippen molar-refractivity contribution in [2.24, 2.45) is 0 Å². The average molecular weight is 419 g/mol. The van der Waals surface area contributed by atoms with Crippen molar-refractivity contribution in [2.45, 2.75) is 6.54 Å². The Labute approximate surface area is 177 Å². The maximum absolute atomic E-state index is 12.8. The second-order valence-corrected chi connectivity index (χ2v) is 7.69. The molecule has 1 saturated heterocycles. The largest absolute Gasteiger partial charge is 0.493 e. The Bertz CT molecular complexity index is 838. The summed E-state index contributed by atoms with van der Waals surface area (Å²) in [5.41, 5.74) is 2.06. The fourth-order valence-electron chi connectivity index (χ4n) is 3.76. The number of piperazine rings is 1. The molecule has 156 valence electrons. The molecule has 29 heavy (non-hydrogen) atoms. The number of hydrogen-bond acceptors (Lipinski definition) is 4. The third-order valence-corrected chi connectivity index (χ3v) is 5.57. The van der Waals surface area contributed by atoms with Gasteiger partial charge in [-0.15, -0.1) is 0 Å². The van der Waals surface area contributed by atoms with E-state index < -0.39 is 0 Å². The van der Waals surface area contributed by atoms with Gasteiger partial charge in [0.1, 0.15) is 6.54 Å². The lowest BCUT2D eigenvalue weighted by atomic mass is 10.1. The van der Waals surface area contributed by atoms with Gasteiger partial charge in [-0.2, -0.15) is 0 Å². The molecular formula is C22H29ClN3O3+. The third kappa shape index (κ3) is 5.14. The number of hydrogen-bond donors (Lipinski definition) is 1. The van der Waals surface area contributed by atoms with Gasteiger partial charge < -0.3 is 24.2 Å². The second-order valence-electron chi connectivity index (χ2n) is 7.28. The highest BCUT2D eigenvalue weighted by molar-refractivity contribution is 6.33. The summed E-state index contributed by atoms with van der Waals surface area (Å²) in [4.78, 5) is 18.1. The molecule has 0 aliphatic carbocycles. The first-order chi connectivity index (χ1) is 14.0. The second kappa shape index (κ2) is 9.85. The number of likely N-dealkylation sites (N-methyl/N-ethyl adjacent to an activating group) is 1. The lowest BCUT2D eigenvalue weighted by Crippen LogP contribution is -3.09. The fourth-order valence-corrected chi connectivity index (χ4v) is 4.01. The molecule has 1 heterocycles. The molecule has 2 aromatic carbocycles. The molecule has 1 unspecified atom stereocenters. The van der Waals surface area contributed by atoms with Gasteiger partial charge in [-0.05, 0) is 24.3 Å². The van der Waals surface area contributed by atoms with Crippen molar-refractivity contribution in [2.75, 3.05) is 58.9 Å². The van der Waals surface area contributed by atoms with E-state index in [2.05, 4.69) is 4.90 Å². The van der Waals surface area contributed by atoms with E-state index in [0.717, 1.165) is 40.0 Å². The van der Waals surface area contributed by atoms with E-state index in [0.29, 0.717) is 31.9 Å². The van der Waals surface area contributed by atoms with Crippen LogP contribution in [0.4, 0.5) is 5.69 Å². The minimum atomic E-state index is 0.170. The number of ether oxygens (including phenoxy) is 2. The number of para-hydroxylation sites is 2. The van der Waals surface area contributed by atoms with Crippen LogP contribution in [0.3, 0.4) is 0 Å². The van der Waals surface area contributed by atoms with Gasteiger partial charge in [0.15, 0.2) is 18.0 Å². The highest BCUT2D eigenvalue weighted by Gasteiger charge is 2.25. The minimum absolute atomic E-state index is 0.170. The summed E-state index contributed by atoms with van der Waals surface area (Å²) >= 11 is 6.30. The van der Waals surface area contributed by atoms with Crippen molar-refractivity contribution in [3.05, 3.63) is 53.1 Å². The predicted octanol–water partition coefficient (Wildman–Crippen LogP) is 1.72. The summed E-state index contributed by atoms with van der Waals surface area (Å²) < 4.78 is 10.9. The number of quaternary nitrogens is 1. The van der Waals surface area contributed by atoms with Crippen molar-refractivity contribution in [3.8, 4) is 11.5 Å². The quantitative estimate of drug-likeness (QED) is 0.743. The van der Waals surface area contributed by atoms with Crippen molar-refractivity contribution < 1.29 is 19.2 Å². The van der Waals surface area contributed by atoms with E-state index in [1.54, 1.807) is 14.2 Å². The normalized spacial score (nSPS) is 15.2. The van der Waals surface area contributed by atoms with Crippen LogP contribution in [0.15, 0.2) is 42.5 Å². The number of amides is 1. The molecule has 1 fully saturated rings. The number of nitrogens with zero attached hydrogens (tertiary/aromatic N) is 2. The van der Waals surface area contributed by atoms with Gasteiger partial charge >= 0.3 is 0 Å². The molecule has 0 radical (unpaired) electrons. The number of carbonyl (C=O) groups is 1. The molecule has 1 atom stereocenters. The topological polar surface area (TPSA) is 46.5 Å². The Morgan fingerprint density at radius 1 is 1.03 bits per heavy atom. The first-order valence-electron chi connectivity index (χ1n) is 9.82. The number of nitrogens with one attached hydrogen (secondary N) is 1. The number of rotatable bonds is 7. The average Bonchev–Trinajstić information content (AvgIpc) is 2.74. The first kappa shape index (κ1) is 21.3. The van der Waals surface area contributed by atoms with Crippen molar-refractivity contribution in [1.82, 2.24) is 4.90 Å². The van der Waals surface area contributed by atoms with Gasteiger partial charge in [0.05, 0.1) is 37.5 Å². The highest BCUT2D eigenvalue weighted by atomic mass is 35.5. The van der Waals surface area contributed by atoms with Gasteiger partial charge in [0, 0.05) is 26.2 Å². The standard InChI is InChI=1S/C22H28ClN3O3/c1-24(15-17-7-6-10-20(28-2)22(17)29-3)16-21(27)26-13-11-25(12-14-26)19-9-5-4-8-18(19)23/h4-10H,11-16H2,1-3H3/p+1. The van der Waals surface area contributed by atoms with E-state index in [-0.39, 0.29) is 5.91 Å². The summed E-state index contributed by atoms with van der Waals surface area (Å²) in [6.45, 7) is 4.12. The van der Waals surface area contributed by atoms with Crippen LogP contribution in [-0.4, -0.2) is 64.8 Å². The Hall–Kier alpha value is -2.44. The number of carbonyl (C=O) groups excluding carboxylic acids is 1. The van der Waals surface area contributed by atoms with Crippen LogP contribution in [0, 0.1) is 0 Å². The summed E-state index contributed by atoms with van der Waals surface area (Å²) in [6, 6.07) is 13.7. The molecule has 0 saturated carbocycles. The van der Waals surface area contributed by atoms with Crippen molar-refractivity contribution in [1.29, 1.82) is 0 Å². The molecule has 3 rings (SSSR count). The van der Waals surface area contributed by atoms with Gasteiger partial charge in [-0.25, -0.2) is 0 Å². The molecule has 2 aromatic rings. The summed E-state index contributed by atoms with van der Waals surface area (Å²) in [6.07, 6.45) is 0. The van der Waals surface area contributed by atoms with Gasteiger partial charge in [-0.1, -0.05) is 29.8 Å². The molecule has 0 spiro atoms. The van der Waals surface area contributed by atoms with Crippen LogP contribution < -0.4 is 19.3 Å². The summed E-state index contributed by atoms with van der Waals surface area (Å²) in [5, 5.41) is 0.753. The Kier molecular flexibility index (Phi) is 7.23. The zero-order chi connectivity index (χ0) is 20.8. The van der Waals surface area contributed by atoms with Gasteiger partial charge in [-0.3, -0.25) is 4.79 Å². The molecule has 1 aliphatic rings. The summed E-state index contributed by atoms with van der Waals surface area (Å²) in [7, 11) is 5.29. The van der Waals surface area contributed by atoms with E-state index in [4.69, 9.17) is 21.1 Å². The molecule has 1 amide bonds. The van der Waals surface area contributed by atoms with Crippen LogP contribution in [0.5, 0.6) is 11.5 Å². The van der Waals surface area contributed by atoms with Gasteiger partial charge in [0.2, 0.25) is 0 Å². The maximum Gasteiger partial charge on any atom is 0.277 e. The van der Waals surface area contributed by atoms with Crippen LogP contribution >= 0.6 is 11.6 Å². The summed E-state index contributed by atoms with van der Waals surface area (Å²) in [5.74, 6) is 1.61. The first-order valence-corrected chi connectivity index (χ1v) is 10.2. The van der Waals surface area contributed by atoms with E-state index in [1.807, 2.05) is 54.4 Å². The van der Waals surface area contributed by atoms with Crippen LogP contribution in [0.1, 0.15) is 5.56 Å². The molecule has 0 bridgehead atoms. The van der Waals surface area contributed by atoms with Crippen LogP contribution in [-0.2, 0) is 11.3 Å². The molecule has 1 aliphatic heterocycles. The Morgan fingerprint density at radius 3 is 2.41 bits per heavy atom. The molecular weight excluding hydrogens is 390 g/mol. The van der Waals surface area contributed by atoms with Crippen LogP contribution in [0.2, 0.25) is 5.02 Å². The smallest absolute Gasteiger partial charge is 0.277 e. The van der Waals surface area contributed by atoms with E-state index in [9.17, 15) is 4.79 Å². The number of methoxy groups -OCH3 is 2. The van der Waals surface area contributed by atoms with Crippen molar-refractivity contribution >= 4 is 23.2 Å². The van der Waals surface area contributed by atoms with E-state index in [1.165, 1.54) is 0 Å². The monoisotopic (exact) mass is 418 g/mol. The maximum atomic E-state index is 12.8. The lowest BCUT2D eigenvalue weighted by Gasteiger charge is -2.36. The zero-order valence-corrected chi connectivity index (χ0v) is 18.0. The number of halogens is 1. The van der Waals surface area contributed by atoms with Crippen LogP contribution in [0.25, 0.3) is 0 Å². The van der Waals surface area contributed by atoms with Gasteiger partial charge in [0.25, 0.3) is 5.91 Å². The van der Waals surface area contributed by atoms with E-state index >= 15 is 0 Å². The molecule has 1 N–H and O–H groups in total. The lowest BCUT2D eigenvalue weighted by molar-refractivity contribution is -0.885. The fraction of sp³-hybridized carbons (Fsp3) is 0.409. The third-order valence-electron chi connectivity index (χ3n) is 5.26. The molecule has 7 heteroatoms. The zero-order valence-electron chi connectivity index (χ0n) is 17.3. The number of anilines is 1. The minimum Gasteiger partial charge on any atom is -0.493 e. The SMILES string of the molecule is COc1cccc(C[NH+](C)CC(=O)N2CCN(c3ccccc3Cl)CC2)c1OC. The Morgan fingerprint density at radius 2 is 1.76 bits per heavy atom. The molecule has 0 aromatic heterocycles. The number of benzene rings is 2. The Balaban J connectivity index is 1.54.